The van der Waals surface area contributed by atoms with E-state index in [1.807, 2.05) is 32.0 Å². The van der Waals surface area contributed by atoms with Gasteiger partial charge in [-0.25, -0.2) is 9.97 Å². The van der Waals surface area contributed by atoms with E-state index in [4.69, 9.17) is 5.73 Å². The van der Waals surface area contributed by atoms with Gasteiger partial charge in [-0.1, -0.05) is 18.2 Å². The summed E-state index contributed by atoms with van der Waals surface area (Å²) in [4.78, 5) is 8.31. The minimum Gasteiger partial charge on any atom is -0.368 e. The van der Waals surface area contributed by atoms with Crippen molar-refractivity contribution in [3.63, 3.8) is 0 Å². The fourth-order valence-corrected chi connectivity index (χ4v) is 1.47. The van der Waals surface area contributed by atoms with Crippen LogP contribution < -0.4 is 5.73 Å². The van der Waals surface area contributed by atoms with E-state index in [9.17, 15) is 0 Å². The SMILES string of the molecule is Cc1nc(N)nc2c(C)cccc12. The molecule has 0 aliphatic rings. The lowest BCUT2D eigenvalue weighted by Gasteiger charge is -2.03. The van der Waals surface area contributed by atoms with Gasteiger partial charge >= 0.3 is 0 Å². The molecule has 0 aliphatic heterocycles. The molecule has 0 unspecified atom stereocenters. The second-order valence-corrected chi connectivity index (χ2v) is 3.14. The van der Waals surface area contributed by atoms with E-state index in [0.717, 1.165) is 22.2 Å². The molecule has 0 spiro atoms. The van der Waals surface area contributed by atoms with Gasteiger partial charge in [0.2, 0.25) is 5.95 Å². The maximum atomic E-state index is 5.57. The van der Waals surface area contributed by atoms with Crippen LogP contribution >= 0.6 is 0 Å². The molecule has 2 rings (SSSR count). The first-order chi connectivity index (χ1) is 6.18. The van der Waals surface area contributed by atoms with Crippen LogP contribution in [0.5, 0.6) is 0 Å². The number of hydrogen-bond donors (Lipinski definition) is 1. The fraction of sp³-hybridized carbons (Fsp3) is 0.200. The Balaban J connectivity index is 2.94. The number of anilines is 1. The highest BCUT2D eigenvalue weighted by Gasteiger charge is 2.03. The van der Waals surface area contributed by atoms with Crippen molar-refractivity contribution in [2.75, 3.05) is 5.73 Å². The zero-order valence-corrected chi connectivity index (χ0v) is 7.70. The van der Waals surface area contributed by atoms with Crippen LogP contribution in [0.3, 0.4) is 0 Å². The number of para-hydroxylation sites is 1. The highest BCUT2D eigenvalue weighted by atomic mass is 15.0. The van der Waals surface area contributed by atoms with E-state index in [0.29, 0.717) is 5.95 Å². The van der Waals surface area contributed by atoms with Gasteiger partial charge in [0, 0.05) is 5.39 Å². The number of fused-ring (bicyclic) bond motifs is 1. The van der Waals surface area contributed by atoms with Crippen molar-refractivity contribution >= 4 is 16.9 Å². The van der Waals surface area contributed by atoms with Crippen molar-refractivity contribution in [1.29, 1.82) is 0 Å². The van der Waals surface area contributed by atoms with Gasteiger partial charge in [0.1, 0.15) is 0 Å². The Labute approximate surface area is 76.6 Å². The maximum Gasteiger partial charge on any atom is 0.220 e. The van der Waals surface area contributed by atoms with Gasteiger partial charge in [0.05, 0.1) is 11.2 Å². The zero-order chi connectivity index (χ0) is 9.42. The molecule has 0 bridgehead atoms. The van der Waals surface area contributed by atoms with Crippen molar-refractivity contribution < 1.29 is 0 Å². The summed E-state index contributed by atoms with van der Waals surface area (Å²) < 4.78 is 0. The maximum absolute atomic E-state index is 5.57. The molecule has 1 aromatic heterocycles. The third-order valence-electron chi connectivity index (χ3n) is 2.14. The third kappa shape index (κ3) is 1.22. The molecule has 2 aromatic rings. The van der Waals surface area contributed by atoms with Gasteiger partial charge in [-0.15, -0.1) is 0 Å². The Morgan fingerprint density at radius 2 is 1.92 bits per heavy atom. The Bertz CT molecular complexity index is 463. The number of hydrogen-bond acceptors (Lipinski definition) is 3. The van der Waals surface area contributed by atoms with Crippen LogP contribution in [0.4, 0.5) is 5.95 Å². The molecule has 0 saturated heterocycles. The molecule has 2 N–H and O–H groups in total. The largest absolute Gasteiger partial charge is 0.368 e. The van der Waals surface area contributed by atoms with Crippen LogP contribution in [0.25, 0.3) is 10.9 Å². The standard InChI is InChI=1S/C10H11N3/c1-6-4-3-5-8-7(2)12-10(11)13-9(6)8/h3-5H,1-2H3,(H2,11,12,13). The van der Waals surface area contributed by atoms with Crippen molar-refractivity contribution in [2.24, 2.45) is 0 Å². The van der Waals surface area contributed by atoms with E-state index >= 15 is 0 Å². The molecule has 13 heavy (non-hydrogen) atoms. The number of rotatable bonds is 0. The van der Waals surface area contributed by atoms with Crippen molar-refractivity contribution in [3.05, 3.63) is 29.5 Å². The summed E-state index contributed by atoms with van der Waals surface area (Å²) in [5, 5.41) is 1.08. The van der Waals surface area contributed by atoms with Crippen LogP contribution in [-0.2, 0) is 0 Å². The first-order valence-electron chi connectivity index (χ1n) is 4.18. The van der Waals surface area contributed by atoms with Gasteiger partial charge in [0.15, 0.2) is 0 Å². The highest BCUT2D eigenvalue weighted by molar-refractivity contribution is 5.84. The molecule has 0 atom stereocenters. The molecule has 0 saturated carbocycles. The number of benzene rings is 1. The molecule has 1 aromatic carbocycles. The molecule has 3 heteroatoms. The summed E-state index contributed by atoms with van der Waals surface area (Å²) in [5.74, 6) is 0.347. The van der Waals surface area contributed by atoms with E-state index in [1.54, 1.807) is 0 Å². The highest BCUT2D eigenvalue weighted by Crippen LogP contribution is 2.18. The molecule has 66 valence electrons. The van der Waals surface area contributed by atoms with Crippen LogP contribution in [0, 0.1) is 13.8 Å². The van der Waals surface area contributed by atoms with Gasteiger partial charge in [0.25, 0.3) is 0 Å². The second-order valence-electron chi connectivity index (χ2n) is 3.14. The Morgan fingerprint density at radius 1 is 1.15 bits per heavy atom. The first kappa shape index (κ1) is 7.98. The molecule has 3 nitrogen and oxygen atoms in total. The zero-order valence-electron chi connectivity index (χ0n) is 7.70. The Morgan fingerprint density at radius 3 is 2.69 bits per heavy atom. The van der Waals surface area contributed by atoms with Crippen molar-refractivity contribution in [3.8, 4) is 0 Å². The summed E-state index contributed by atoms with van der Waals surface area (Å²) in [6, 6.07) is 6.04. The molecule has 1 heterocycles. The van der Waals surface area contributed by atoms with E-state index in [-0.39, 0.29) is 0 Å². The number of aryl methyl sites for hydroxylation is 2. The minimum atomic E-state index is 0.347. The van der Waals surface area contributed by atoms with Gasteiger partial charge in [-0.2, -0.15) is 0 Å². The van der Waals surface area contributed by atoms with Crippen LogP contribution in [-0.4, -0.2) is 9.97 Å². The topological polar surface area (TPSA) is 51.8 Å². The molecule has 0 fully saturated rings. The minimum absolute atomic E-state index is 0.347. The summed E-state index contributed by atoms with van der Waals surface area (Å²) in [6.45, 7) is 3.97. The van der Waals surface area contributed by atoms with E-state index < -0.39 is 0 Å². The van der Waals surface area contributed by atoms with Gasteiger partial charge < -0.3 is 5.73 Å². The quantitative estimate of drug-likeness (QED) is 0.661. The predicted molar refractivity (Wildman–Crippen MR) is 53.4 cm³/mol. The average Bonchev–Trinajstić information content (AvgIpc) is 2.07. The summed E-state index contributed by atoms with van der Waals surface area (Å²) in [7, 11) is 0. The van der Waals surface area contributed by atoms with E-state index in [2.05, 4.69) is 9.97 Å². The number of nitrogens with zero attached hydrogens (tertiary/aromatic N) is 2. The molecule has 0 radical (unpaired) electrons. The number of aromatic nitrogens is 2. The number of nitrogens with two attached hydrogens (primary N) is 1. The van der Waals surface area contributed by atoms with Crippen LogP contribution in [0.1, 0.15) is 11.3 Å². The molecular formula is C10H11N3. The van der Waals surface area contributed by atoms with Crippen molar-refractivity contribution in [2.45, 2.75) is 13.8 Å². The lowest BCUT2D eigenvalue weighted by molar-refractivity contribution is 1.16. The Kier molecular flexibility index (Phi) is 1.65. The molecule has 0 amide bonds. The predicted octanol–water partition coefficient (Wildman–Crippen LogP) is 1.83. The third-order valence-corrected chi connectivity index (χ3v) is 2.14. The second kappa shape index (κ2) is 2.69. The number of nitrogen functional groups attached to an aromatic ring is 1. The van der Waals surface area contributed by atoms with E-state index in [1.165, 1.54) is 0 Å². The van der Waals surface area contributed by atoms with Crippen LogP contribution in [0.15, 0.2) is 18.2 Å². The molecule has 0 aliphatic carbocycles. The van der Waals surface area contributed by atoms with Crippen molar-refractivity contribution in [1.82, 2.24) is 9.97 Å². The average molecular weight is 173 g/mol. The van der Waals surface area contributed by atoms with Gasteiger partial charge in [-0.05, 0) is 19.4 Å². The first-order valence-corrected chi connectivity index (χ1v) is 4.18. The monoisotopic (exact) mass is 173 g/mol. The normalized spacial score (nSPS) is 10.6. The summed E-state index contributed by atoms with van der Waals surface area (Å²) >= 11 is 0. The summed E-state index contributed by atoms with van der Waals surface area (Å²) in [6.07, 6.45) is 0. The lowest BCUT2D eigenvalue weighted by Crippen LogP contribution is -1.98. The van der Waals surface area contributed by atoms with Crippen LogP contribution in [0.2, 0.25) is 0 Å². The fourth-order valence-electron chi connectivity index (χ4n) is 1.47. The summed E-state index contributed by atoms with van der Waals surface area (Å²) in [5.41, 5.74) is 8.59. The smallest absolute Gasteiger partial charge is 0.220 e. The lowest BCUT2D eigenvalue weighted by atomic mass is 10.1. The Hall–Kier alpha value is -1.64. The molecular weight excluding hydrogens is 162 g/mol. The van der Waals surface area contributed by atoms with Gasteiger partial charge in [-0.3, -0.25) is 0 Å².